The van der Waals surface area contributed by atoms with Gasteiger partial charge in [-0.3, -0.25) is 4.79 Å². The van der Waals surface area contributed by atoms with Crippen LogP contribution in [0.25, 0.3) is 0 Å². The van der Waals surface area contributed by atoms with Crippen LogP contribution in [0.1, 0.15) is 48.9 Å². The van der Waals surface area contributed by atoms with E-state index in [1.54, 1.807) is 6.92 Å². The monoisotopic (exact) mass is 288 g/mol. The van der Waals surface area contributed by atoms with E-state index in [0.29, 0.717) is 12.8 Å². The first-order chi connectivity index (χ1) is 9.41. The van der Waals surface area contributed by atoms with Crippen molar-refractivity contribution >= 4 is 5.91 Å². The zero-order chi connectivity index (χ0) is 14.8. The van der Waals surface area contributed by atoms with Crippen LogP contribution in [0.15, 0.2) is 10.6 Å². The van der Waals surface area contributed by atoms with Crippen molar-refractivity contribution in [1.82, 2.24) is 10.5 Å². The smallest absolute Gasteiger partial charge is 0.273 e. The first-order valence-corrected chi connectivity index (χ1v) is 6.66. The number of aromatic nitrogens is 1. The molecule has 0 bridgehead atoms. The molecule has 1 aliphatic rings. The lowest BCUT2D eigenvalue weighted by Crippen LogP contribution is -2.41. The maximum atomic E-state index is 13.1. The summed E-state index contributed by atoms with van der Waals surface area (Å²) in [6.45, 7) is 1.48. The summed E-state index contributed by atoms with van der Waals surface area (Å²) in [5.41, 5.74) is 0.0852. The lowest BCUT2D eigenvalue weighted by Gasteiger charge is -2.32. The van der Waals surface area contributed by atoms with Crippen LogP contribution in [0.2, 0.25) is 0 Å². The molecule has 1 atom stereocenters. The van der Waals surface area contributed by atoms with Crippen molar-refractivity contribution in [2.75, 3.05) is 0 Å². The van der Waals surface area contributed by atoms with Crippen molar-refractivity contribution in [3.63, 3.8) is 0 Å². The third kappa shape index (κ3) is 3.53. The van der Waals surface area contributed by atoms with Crippen LogP contribution < -0.4 is 5.32 Å². The highest BCUT2D eigenvalue weighted by Crippen LogP contribution is 2.37. The molecule has 1 saturated carbocycles. The number of amides is 1. The molecule has 1 aromatic heterocycles. The zero-order valence-electron chi connectivity index (χ0n) is 11.2. The Hall–Kier alpha value is -1.50. The van der Waals surface area contributed by atoms with Gasteiger partial charge in [0.05, 0.1) is 0 Å². The number of aliphatic hydroxyl groups is 1. The number of aliphatic hydroxyl groups excluding tert-OH is 1. The quantitative estimate of drug-likeness (QED) is 0.889. The summed E-state index contributed by atoms with van der Waals surface area (Å²) in [5, 5.41) is 15.1. The highest BCUT2D eigenvalue weighted by molar-refractivity contribution is 5.92. The maximum Gasteiger partial charge on any atom is 0.273 e. The lowest BCUT2D eigenvalue weighted by molar-refractivity contribution is -0.0485. The number of carbonyl (C=O) groups is 1. The van der Waals surface area contributed by atoms with Gasteiger partial charge in [0.2, 0.25) is 5.92 Å². The SMILES string of the molecule is CC(NC(=O)c1cc(CO)on1)C1CCC(F)(F)CC1. The van der Waals surface area contributed by atoms with E-state index in [1.165, 1.54) is 6.07 Å². The van der Waals surface area contributed by atoms with E-state index in [4.69, 9.17) is 9.63 Å². The molecule has 0 radical (unpaired) electrons. The van der Waals surface area contributed by atoms with Gasteiger partial charge >= 0.3 is 0 Å². The Morgan fingerprint density at radius 3 is 2.80 bits per heavy atom. The Morgan fingerprint density at radius 1 is 1.60 bits per heavy atom. The predicted octanol–water partition coefficient (Wildman–Crippen LogP) is 2.11. The molecule has 1 heterocycles. The van der Waals surface area contributed by atoms with E-state index >= 15 is 0 Å². The molecular formula is C13H18F2N2O3. The fraction of sp³-hybridized carbons (Fsp3) is 0.692. The van der Waals surface area contributed by atoms with Crippen LogP contribution in [-0.2, 0) is 6.61 Å². The van der Waals surface area contributed by atoms with E-state index < -0.39 is 11.8 Å². The van der Waals surface area contributed by atoms with Crippen LogP contribution in [0.4, 0.5) is 8.78 Å². The molecule has 1 aromatic rings. The molecule has 0 spiro atoms. The van der Waals surface area contributed by atoms with Gasteiger partial charge in [-0.15, -0.1) is 0 Å². The van der Waals surface area contributed by atoms with Gasteiger partial charge in [0, 0.05) is 24.9 Å². The first kappa shape index (κ1) is 14.9. The van der Waals surface area contributed by atoms with Crippen LogP contribution in [0.5, 0.6) is 0 Å². The average Bonchev–Trinajstić information content (AvgIpc) is 2.87. The molecule has 0 aliphatic heterocycles. The van der Waals surface area contributed by atoms with Crippen LogP contribution in [0.3, 0.4) is 0 Å². The fourth-order valence-electron chi connectivity index (χ4n) is 2.46. The predicted molar refractivity (Wildman–Crippen MR) is 66.3 cm³/mol. The number of rotatable bonds is 4. The third-order valence-corrected chi connectivity index (χ3v) is 3.78. The molecule has 1 unspecified atom stereocenters. The van der Waals surface area contributed by atoms with E-state index in [9.17, 15) is 13.6 Å². The molecule has 2 rings (SSSR count). The second-order valence-electron chi connectivity index (χ2n) is 5.29. The van der Waals surface area contributed by atoms with Gasteiger partial charge in [-0.1, -0.05) is 5.16 Å². The molecular weight excluding hydrogens is 270 g/mol. The molecule has 0 aromatic carbocycles. The van der Waals surface area contributed by atoms with Gasteiger partial charge in [-0.2, -0.15) is 0 Å². The number of alkyl halides is 2. The van der Waals surface area contributed by atoms with Gasteiger partial charge < -0.3 is 14.9 Å². The lowest BCUT2D eigenvalue weighted by atomic mass is 9.82. The van der Waals surface area contributed by atoms with E-state index in [-0.39, 0.29) is 42.9 Å². The molecule has 0 saturated heterocycles. The summed E-state index contributed by atoms with van der Waals surface area (Å²) in [7, 11) is 0. The number of hydrogen-bond donors (Lipinski definition) is 2. The molecule has 1 aliphatic carbocycles. The van der Waals surface area contributed by atoms with Gasteiger partial charge in [0.1, 0.15) is 6.61 Å². The molecule has 2 N–H and O–H groups in total. The zero-order valence-corrected chi connectivity index (χ0v) is 11.2. The fourth-order valence-corrected chi connectivity index (χ4v) is 2.46. The summed E-state index contributed by atoms with van der Waals surface area (Å²) in [5.74, 6) is -2.73. The van der Waals surface area contributed by atoms with Crippen molar-refractivity contribution < 1.29 is 23.2 Å². The number of nitrogens with one attached hydrogen (secondary N) is 1. The minimum atomic E-state index is -2.57. The molecule has 20 heavy (non-hydrogen) atoms. The normalized spacial score (nSPS) is 20.6. The number of carbonyl (C=O) groups excluding carboxylic acids is 1. The van der Waals surface area contributed by atoms with Gasteiger partial charge in [-0.05, 0) is 25.7 Å². The number of halogens is 2. The van der Waals surface area contributed by atoms with Crippen LogP contribution in [-0.4, -0.2) is 28.1 Å². The largest absolute Gasteiger partial charge is 0.388 e. The molecule has 1 fully saturated rings. The van der Waals surface area contributed by atoms with Crippen molar-refractivity contribution in [3.8, 4) is 0 Å². The molecule has 7 heteroatoms. The molecule has 1 amide bonds. The summed E-state index contributed by atoms with van der Waals surface area (Å²) < 4.78 is 30.9. The summed E-state index contributed by atoms with van der Waals surface area (Å²) >= 11 is 0. The number of hydrogen-bond acceptors (Lipinski definition) is 4. The summed E-state index contributed by atoms with van der Waals surface area (Å²) in [4.78, 5) is 11.9. The highest BCUT2D eigenvalue weighted by Gasteiger charge is 2.37. The van der Waals surface area contributed by atoms with E-state index in [1.807, 2.05) is 0 Å². The highest BCUT2D eigenvalue weighted by atomic mass is 19.3. The summed E-state index contributed by atoms with van der Waals surface area (Å²) in [6.07, 6.45) is 0.539. The second kappa shape index (κ2) is 5.87. The Labute approximate surface area is 115 Å². The minimum Gasteiger partial charge on any atom is -0.388 e. The van der Waals surface area contributed by atoms with Gasteiger partial charge in [0.25, 0.3) is 5.91 Å². The Kier molecular flexibility index (Phi) is 4.37. The van der Waals surface area contributed by atoms with Crippen molar-refractivity contribution in [1.29, 1.82) is 0 Å². The van der Waals surface area contributed by atoms with Crippen molar-refractivity contribution in [2.45, 2.75) is 51.2 Å². The molecule has 112 valence electrons. The van der Waals surface area contributed by atoms with E-state index in [2.05, 4.69) is 10.5 Å². The van der Waals surface area contributed by atoms with Gasteiger partial charge in [0.15, 0.2) is 11.5 Å². The summed E-state index contributed by atoms with van der Waals surface area (Å²) in [6, 6.07) is 1.16. The molecule has 5 nitrogen and oxygen atoms in total. The minimum absolute atomic E-state index is 0.0442. The van der Waals surface area contributed by atoms with Crippen LogP contribution >= 0.6 is 0 Å². The second-order valence-corrected chi connectivity index (χ2v) is 5.29. The standard InChI is InChI=1S/C13H18F2N2O3/c1-8(9-2-4-13(14,15)5-3-9)16-12(19)11-6-10(7-18)20-17-11/h6,8-9,18H,2-5,7H2,1H3,(H,16,19). The topological polar surface area (TPSA) is 75.4 Å². The van der Waals surface area contributed by atoms with Crippen LogP contribution in [0, 0.1) is 5.92 Å². The third-order valence-electron chi connectivity index (χ3n) is 3.78. The van der Waals surface area contributed by atoms with E-state index in [0.717, 1.165) is 0 Å². The Balaban J connectivity index is 1.88. The maximum absolute atomic E-state index is 13.1. The first-order valence-electron chi connectivity index (χ1n) is 6.66. The average molecular weight is 288 g/mol. The Bertz CT molecular complexity index is 466. The Morgan fingerprint density at radius 2 is 2.25 bits per heavy atom. The number of nitrogens with zero attached hydrogens (tertiary/aromatic N) is 1. The van der Waals surface area contributed by atoms with Gasteiger partial charge in [-0.25, -0.2) is 8.78 Å². The van der Waals surface area contributed by atoms with Crippen molar-refractivity contribution in [2.24, 2.45) is 5.92 Å². The van der Waals surface area contributed by atoms with Crippen molar-refractivity contribution in [3.05, 3.63) is 17.5 Å².